The van der Waals surface area contributed by atoms with Gasteiger partial charge in [-0.25, -0.2) is 20.8 Å². The number of aromatic nitrogens is 3. The molecule has 2 heterocycles. The number of anilines is 2. The van der Waals surface area contributed by atoms with Crippen molar-refractivity contribution >= 4 is 23.0 Å². The van der Waals surface area contributed by atoms with Crippen LogP contribution in [0.15, 0.2) is 17.0 Å². The fraction of sp³-hybridized carbons (Fsp3) is 0.300. The summed E-state index contributed by atoms with van der Waals surface area (Å²) in [6.45, 7) is 2.65. The molecule has 17 heavy (non-hydrogen) atoms. The monoisotopic (exact) mass is 250 g/mol. The maximum absolute atomic E-state index is 5.35. The highest BCUT2D eigenvalue weighted by Gasteiger charge is 2.03. The molecule has 0 aliphatic heterocycles. The summed E-state index contributed by atoms with van der Waals surface area (Å²) in [6, 6.07) is 1.77. The van der Waals surface area contributed by atoms with Crippen LogP contribution in [0.5, 0.6) is 0 Å². The first-order chi connectivity index (χ1) is 8.31. The van der Waals surface area contributed by atoms with Crippen molar-refractivity contribution in [1.82, 2.24) is 15.0 Å². The van der Waals surface area contributed by atoms with E-state index in [-0.39, 0.29) is 0 Å². The van der Waals surface area contributed by atoms with E-state index in [0.717, 1.165) is 23.8 Å². The number of hydrazine groups is 1. The molecule has 0 radical (unpaired) electrons. The second kappa shape index (κ2) is 5.55. The first kappa shape index (κ1) is 11.7. The molecular weight excluding hydrogens is 236 g/mol. The molecule has 7 heteroatoms. The topological polar surface area (TPSA) is 88.8 Å². The van der Waals surface area contributed by atoms with Gasteiger partial charge in [0, 0.05) is 17.9 Å². The molecule has 0 unspecified atom stereocenters. The molecule has 0 saturated heterocycles. The van der Waals surface area contributed by atoms with Gasteiger partial charge in [-0.2, -0.15) is 0 Å². The lowest BCUT2D eigenvalue weighted by molar-refractivity contribution is 0.928. The Balaban J connectivity index is 2.09. The van der Waals surface area contributed by atoms with Crippen molar-refractivity contribution in [3.8, 4) is 0 Å². The molecule has 0 amide bonds. The Labute approximate surface area is 103 Å². The molecule has 0 aliphatic carbocycles. The fourth-order valence-corrected chi connectivity index (χ4v) is 1.88. The largest absolute Gasteiger partial charge is 0.364 e. The van der Waals surface area contributed by atoms with Gasteiger partial charge in [0.2, 0.25) is 0 Å². The smallest absolute Gasteiger partial charge is 0.145 e. The summed E-state index contributed by atoms with van der Waals surface area (Å²) in [6.07, 6.45) is 0.765. The molecule has 2 aromatic rings. The third kappa shape index (κ3) is 3.11. The molecule has 0 aliphatic rings. The predicted octanol–water partition coefficient (Wildman–Crippen LogP) is 1.39. The Kier molecular flexibility index (Phi) is 3.84. The molecule has 0 aromatic carbocycles. The van der Waals surface area contributed by atoms with E-state index in [2.05, 4.69) is 25.7 Å². The van der Waals surface area contributed by atoms with Crippen LogP contribution in [0.25, 0.3) is 0 Å². The highest BCUT2D eigenvalue weighted by Crippen LogP contribution is 2.12. The Bertz CT molecular complexity index is 447. The van der Waals surface area contributed by atoms with Gasteiger partial charge in [0.05, 0.1) is 17.7 Å². The van der Waals surface area contributed by atoms with E-state index in [1.807, 2.05) is 12.3 Å². The van der Waals surface area contributed by atoms with E-state index in [9.17, 15) is 0 Å². The highest BCUT2D eigenvalue weighted by molar-refractivity contribution is 7.07. The van der Waals surface area contributed by atoms with E-state index in [0.29, 0.717) is 12.4 Å². The van der Waals surface area contributed by atoms with E-state index in [1.165, 1.54) is 0 Å². The zero-order valence-electron chi connectivity index (χ0n) is 9.47. The number of nitrogens with two attached hydrogens (primary N) is 1. The van der Waals surface area contributed by atoms with Gasteiger partial charge in [-0.15, -0.1) is 11.3 Å². The second-order valence-electron chi connectivity index (χ2n) is 3.39. The number of nitrogens with zero attached hydrogens (tertiary/aromatic N) is 3. The molecule has 0 fully saturated rings. The van der Waals surface area contributed by atoms with Crippen LogP contribution in [-0.2, 0) is 13.0 Å². The molecule has 0 saturated carbocycles. The number of rotatable bonds is 5. The molecule has 2 rings (SSSR count). The zero-order chi connectivity index (χ0) is 12.1. The molecule has 2 aromatic heterocycles. The lowest BCUT2D eigenvalue weighted by Gasteiger charge is -2.07. The number of nitrogen functional groups attached to an aromatic ring is 1. The summed E-state index contributed by atoms with van der Waals surface area (Å²) in [5.41, 5.74) is 5.33. The van der Waals surface area contributed by atoms with Crippen LogP contribution in [0.4, 0.5) is 11.6 Å². The average Bonchev–Trinajstić information content (AvgIpc) is 2.89. The van der Waals surface area contributed by atoms with Crippen molar-refractivity contribution in [1.29, 1.82) is 0 Å². The number of thiazole rings is 1. The lowest BCUT2D eigenvalue weighted by Crippen LogP contribution is -2.12. The molecule has 90 valence electrons. The first-order valence-electron chi connectivity index (χ1n) is 5.27. The van der Waals surface area contributed by atoms with Gasteiger partial charge in [-0.05, 0) is 0 Å². The Morgan fingerprint density at radius 2 is 2.18 bits per heavy atom. The van der Waals surface area contributed by atoms with E-state index < -0.39 is 0 Å². The zero-order valence-corrected chi connectivity index (χ0v) is 10.3. The standard InChI is InChI=1S/C10H14N6S/c1-2-8-14-9(3-10(15-8)16-11)12-4-7-5-17-6-13-7/h3,5-6H,2,4,11H2,1H3,(H2,12,14,15,16). The summed E-state index contributed by atoms with van der Waals surface area (Å²) in [7, 11) is 0. The minimum atomic E-state index is 0.609. The minimum absolute atomic E-state index is 0.609. The van der Waals surface area contributed by atoms with Crippen LogP contribution in [0.3, 0.4) is 0 Å². The highest BCUT2D eigenvalue weighted by atomic mass is 32.1. The molecule has 0 spiro atoms. The number of hydrogen-bond acceptors (Lipinski definition) is 7. The van der Waals surface area contributed by atoms with Gasteiger partial charge in [-0.1, -0.05) is 6.92 Å². The normalized spacial score (nSPS) is 10.2. The van der Waals surface area contributed by atoms with Crippen LogP contribution < -0.4 is 16.6 Å². The van der Waals surface area contributed by atoms with Crippen molar-refractivity contribution in [3.63, 3.8) is 0 Å². The van der Waals surface area contributed by atoms with Gasteiger partial charge < -0.3 is 10.7 Å². The summed E-state index contributed by atoms with van der Waals surface area (Å²) in [4.78, 5) is 12.8. The van der Waals surface area contributed by atoms with E-state index >= 15 is 0 Å². The Morgan fingerprint density at radius 1 is 1.35 bits per heavy atom. The van der Waals surface area contributed by atoms with Gasteiger partial charge in [0.15, 0.2) is 0 Å². The molecule has 4 N–H and O–H groups in total. The summed E-state index contributed by atoms with van der Waals surface area (Å²) in [5.74, 6) is 7.46. The van der Waals surface area contributed by atoms with Gasteiger partial charge in [0.25, 0.3) is 0 Å². The fourth-order valence-electron chi connectivity index (χ4n) is 1.33. The third-order valence-electron chi connectivity index (χ3n) is 2.17. The van der Waals surface area contributed by atoms with Gasteiger partial charge >= 0.3 is 0 Å². The quantitative estimate of drug-likeness (QED) is 0.549. The van der Waals surface area contributed by atoms with Gasteiger partial charge in [-0.3, -0.25) is 0 Å². The Morgan fingerprint density at radius 3 is 2.82 bits per heavy atom. The third-order valence-corrected chi connectivity index (χ3v) is 2.81. The summed E-state index contributed by atoms with van der Waals surface area (Å²) < 4.78 is 0. The van der Waals surface area contributed by atoms with E-state index in [1.54, 1.807) is 22.9 Å². The van der Waals surface area contributed by atoms with Crippen molar-refractivity contribution in [2.24, 2.45) is 5.84 Å². The van der Waals surface area contributed by atoms with E-state index in [4.69, 9.17) is 5.84 Å². The molecular formula is C10H14N6S. The maximum atomic E-state index is 5.35. The van der Waals surface area contributed by atoms with Crippen molar-refractivity contribution in [3.05, 3.63) is 28.5 Å². The van der Waals surface area contributed by atoms with Crippen LogP contribution in [0.2, 0.25) is 0 Å². The molecule has 0 bridgehead atoms. The van der Waals surface area contributed by atoms with Crippen LogP contribution in [0, 0.1) is 0 Å². The number of aryl methyl sites for hydroxylation is 1. The lowest BCUT2D eigenvalue weighted by atomic mass is 10.4. The van der Waals surface area contributed by atoms with Crippen LogP contribution >= 0.6 is 11.3 Å². The van der Waals surface area contributed by atoms with Gasteiger partial charge in [0.1, 0.15) is 17.5 Å². The van der Waals surface area contributed by atoms with Crippen LogP contribution in [0.1, 0.15) is 18.4 Å². The second-order valence-corrected chi connectivity index (χ2v) is 4.10. The minimum Gasteiger partial charge on any atom is -0.364 e. The number of nitrogens with one attached hydrogen (secondary N) is 2. The average molecular weight is 250 g/mol. The summed E-state index contributed by atoms with van der Waals surface area (Å²) in [5, 5.41) is 5.19. The molecule has 0 atom stereocenters. The Hall–Kier alpha value is -1.73. The SMILES string of the molecule is CCc1nc(NN)cc(NCc2cscn2)n1. The molecule has 6 nitrogen and oxygen atoms in total. The summed E-state index contributed by atoms with van der Waals surface area (Å²) >= 11 is 1.57. The van der Waals surface area contributed by atoms with Crippen molar-refractivity contribution in [2.45, 2.75) is 19.9 Å². The maximum Gasteiger partial charge on any atom is 0.145 e. The van der Waals surface area contributed by atoms with Crippen molar-refractivity contribution < 1.29 is 0 Å². The van der Waals surface area contributed by atoms with Crippen LogP contribution in [-0.4, -0.2) is 15.0 Å². The number of hydrogen-bond donors (Lipinski definition) is 3. The van der Waals surface area contributed by atoms with Crippen molar-refractivity contribution in [2.75, 3.05) is 10.7 Å². The predicted molar refractivity (Wildman–Crippen MR) is 68.7 cm³/mol. The first-order valence-corrected chi connectivity index (χ1v) is 6.21.